The van der Waals surface area contributed by atoms with Crippen LogP contribution >= 0.6 is 0 Å². The van der Waals surface area contributed by atoms with Crippen molar-refractivity contribution in [2.45, 2.75) is 71.0 Å². The van der Waals surface area contributed by atoms with Crippen molar-refractivity contribution in [3.05, 3.63) is 47.5 Å². The summed E-state index contributed by atoms with van der Waals surface area (Å²) in [5.41, 5.74) is 1.04. The largest absolute Gasteiger partial charge is 0.390 e. The first kappa shape index (κ1) is 17.2. The van der Waals surface area contributed by atoms with E-state index in [-0.39, 0.29) is 5.41 Å². The SMILES string of the molecule is CC1(O)C=C(C[C@](C)(O)CCc2ccccc2)CC(C)(C)C1. The molecule has 0 fully saturated rings. The summed E-state index contributed by atoms with van der Waals surface area (Å²) in [5.74, 6) is 0. The summed E-state index contributed by atoms with van der Waals surface area (Å²) in [7, 11) is 0. The van der Waals surface area contributed by atoms with Crippen molar-refractivity contribution in [3.63, 3.8) is 0 Å². The molecule has 0 heterocycles. The van der Waals surface area contributed by atoms with E-state index < -0.39 is 11.2 Å². The van der Waals surface area contributed by atoms with Gasteiger partial charge in [-0.05, 0) is 56.9 Å². The normalized spacial score (nSPS) is 27.1. The molecule has 0 aromatic heterocycles. The topological polar surface area (TPSA) is 40.5 Å². The Kier molecular flexibility index (Phi) is 4.84. The van der Waals surface area contributed by atoms with Gasteiger partial charge in [-0.2, -0.15) is 0 Å². The van der Waals surface area contributed by atoms with Crippen LogP contribution in [0.3, 0.4) is 0 Å². The van der Waals surface area contributed by atoms with Crippen molar-refractivity contribution in [2.75, 3.05) is 0 Å². The molecule has 1 aromatic rings. The molecule has 22 heavy (non-hydrogen) atoms. The second-order valence-corrected chi connectivity index (χ2v) is 8.34. The lowest BCUT2D eigenvalue weighted by molar-refractivity contribution is 0.0301. The van der Waals surface area contributed by atoms with Gasteiger partial charge >= 0.3 is 0 Å². The molecule has 0 saturated carbocycles. The van der Waals surface area contributed by atoms with E-state index in [4.69, 9.17) is 0 Å². The molecule has 0 spiro atoms. The van der Waals surface area contributed by atoms with E-state index in [2.05, 4.69) is 26.0 Å². The molecule has 122 valence electrons. The fraction of sp³-hybridized carbons (Fsp3) is 0.600. The number of hydrogen-bond acceptors (Lipinski definition) is 2. The summed E-state index contributed by atoms with van der Waals surface area (Å²) in [4.78, 5) is 0. The Morgan fingerprint density at radius 3 is 2.36 bits per heavy atom. The molecule has 1 aromatic carbocycles. The third-order valence-corrected chi connectivity index (χ3v) is 4.46. The van der Waals surface area contributed by atoms with Crippen LogP contribution in [-0.4, -0.2) is 21.4 Å². The van der Waals surface area contributed by atoms with E-state index in [0.717, 1.165) is 25.7 Å². The maximum atomic E-state index is 10.7. The molecule has 1 aliphatic carbocycles. The monoisotopic (exact) mass is 302 g/mol. The minimum Gasteiger partial charge on any atom is -0.390 e. The van der Waals surface area contributed by atoms with E-state index in [1.165, 1.54) is 11.1 Å². The van der Waals surface area contributed by atoms with Gasteiger partial charge in [-0.25, -0.2) is 0 Å². The summed E-state index contributed by atoms with van der Waals surface area (Å²) >= 11 is 0. The lowest BCUT2D eigenvalue weighted by atomic mass is 9.69. The number of benzene rings is 1. The van der Waals surface area contributed by atoms with Crippen LogP contribution < -0.4 is 0 Å². The standard InChI is InChI=1S/C20H30O2/c1-18(2)12-17(14-20(4,22)15-18)13-19(3,21)11-10-16-8-6-5-7-9-16/h5-9,14,21-22H,10-13,15H2,1-4H3/t19-,20?/m1/s1. The minimum absolute atomic E-state index is 0.0864. The van der Waals surface area contributed by atoms with Crippen molar-refractivity contribution >= 4 is 0 Å². The van der Waals surface area contributed by atoms with Gasteiger partial charge in [0.15, 0.2) is 0 Å². The summed E-state index contributed by atoms with van der Waals surface area (Å²) < 4.78 is 0. The first-order valence-corrected chi connectivity index (χ1v) is 8.26. The zero-order valence-electron chi connectivity index (χ0n) is 14.4. The number of aliphatic hydroxyl groups is 2. The van der Waals surface area contributed by atoms with Crippen LogP contribution in [-0.2, 0) is 6.42 Å². The van der Waals surface area contributed by atoms with E-state index in [9.17, 15) is 10.2 Å². The molecule has 0 amide bonds. The predicted octanol–water partition coefficient (Wildman–Crippen LogP) is 4.26. The van der Waals surface area contributed by atoms with Crippen LogP contribution in [0.4, 0.5) is 0 Å². The lowest BCUT2D eigenvalue weighted by Gasteiger charge is -2.40. The third kappa shape index (κ3) is 5.26. The highest BCUT2D eigenvalue weighted by Gasteiger charge is 2.36. The van der Waals surface area contributed by atoms with Crippen molar-refractivity contribution in [2.24, 2.45) is 5.41 Å². The van der Waals surface area contributed by atoms with E-state index in [1.807, 2.05) is 38.1 Å². The maximum absolute atomic E-state index is 10.7. The van der Waals surface area contributed by atoms with Crippen molar-refractivity contribution in [1.82, 2.24) is 0 Å². The Labute approximate surface area is 134 Å². The highest BCUT2D eigenvalue weighted by atomic mass is 16.3. The Balaban J connectivity index is 2.00. The quantitative estimate of drug-likeness (QED) is 0.798. The third-order valence-electron chi connectivity index (χ3n) is 4.46. The first-order chi connectivity index (χ1) is 10.1. The average molecular weight is 302 g/mol. The minimum atomic E-state index is -0.757. The molecule has 2 atom stereocenters. The maximum Gasteiger partial charge on any atom is 0.0807 e. The van der Waals surface area contributed by atoms with Crippen LogP contribution in [0.2, 0.25) is 0 Å². The Hall–Kier alpha value is -1.12. The number of aryl methyl sites for hydroxylation is 1. The summed E-state index contributed by atoms with van der Waals surface area (Å²) in [6, 6.07) is 10.3. The second kappa shape index (κ2) is 6.17. The van der Waals surface area contributed by atoms with Gasteiger partial charge in [-0.3, -0.25) is 0 Å². The van der Waals surface area contributed by atoms with Crippen molar-refractivity contribution in [1.29, 1.82) is 0 Å². The number of hydrogen-bond donors (Lipinski definition) is 2. The van der Waals surface area contributed by atoms with E-state index in [0.29, 0.717) is 6.42 Å². The Bertz CT molecular complexity index is 524. The summed E-state index contributed by atoms with van der Waals surface area (Å²) in [6.45, 7) is 8.15. The van der Waals surface area contributed by atoms with Gasteiger partial charge in [0.2, 0.25) is 0 Å². The van der Waals surface area contributed by atoms with Crippen LogP contribution in [0.1, 0.15) is 58.9 Å². The van der Waals surface area contributed by atoms with Gasteiger partial charge < -0.3 is 10.2 Å². The number of rotatable bonds is 5. The molecule has 0 radical (unpaired) electrons. The first-order valence-electron chi connectivity index (χ1n) is 8.26. The van der Waals surface area contributed by atoms with Gasteiger partial charge in [-0.15, -0.1) is 0 Å². The van der Waals surface area contributed by atoms with Gasteiger partial charge in [0.25, 0.3) is 0 Å². The molecular formula is C20H30O2. The fourth-order valence-corrected chi connectivity index (χ4v) is 3.94. The molecule has 2 nitrogen and oxygen atoms in total. The fourth-order valence-electron chi connectivity index (χ4n) is 3.94. The Morgan fingerprint density at radius 2 is 1.77 bits per heavy atom. The zero-order chi connectivity index (χ0) is 16.4. The second-order valence-electron chi connectivity index (χ2n) is 8.34. The van der Waals surface area contributed by atoms with E-state index in [1.54, 1.807) is 0 Å². The highest BCUT2D eigenvalue weighted by Crippen LogP contribution is 2.42. The smallest absolute Gasteiger partial charge is 0.0807 e. The molecule has 0 saturated heterocycles. The van der Waals surface area contributed by atoms with Crippen LogP contribution in [0.5, 0.6) is 0 Å². The average Bonchev–Trinajstić information content (AvgIpc) is 2.33. The zero-order valence-corrected chi connectivity index (χ0v) is 14.4. The van der Waals surface area contributed by atoms with Gasteiger partial charge in [0, 0.05) is 0 Å². The molecule has 1 aliphatic rings. The van der Waals surface area contributed by atoms with Crippen molar-refractivity contribution < 1.29 is 10.2 Å². The molecular weight excluding hydrogens is 272 g/mol. The molecule has 2 heteroatoms. The summed E-state index contributed by atoms with van der Waals surface area (Å²) in [5, 5.41) is 21.2. The van der Waals surface area contributed by atoms with Crippen LogP contribution in [0.25, 0.3) is 0 Å². The van der Waals surface area contributed by atoms with Gasteiger partial charge in [0.1, 0.15) is 0 Å². The lowest BCUT2D eigenvalue weighted by Crippen LogP contribution is -2.36. The van der Waals surface area contributed by atoms with Crippen molar-refractivity contribution in [3.8, 4) is 0 Å². The summed E-state index contributed by atoms with van der Waals surface area (Å²) in [6.07, 6.45) is 5.94. The predicted molar refractivity (Wildman–Crippen MR) is 91.7 cm³/mol. The molecule has 0 aliphatic heterocycles. The molecule has 1 unspecified atom stereocenters. The van der Waals surface area contributed by atoms with E-state index >= 15 is 0 Å². The van der Waals surface area contributed by atoms with Gasteiger partial charge in [0.05, 0.1) is 11.2 Å². The molecule has 2 rings (SSSR count). The highest BCUT2D eigenvalue weighted by molar-refractivity contribution is 5.20. The molecule has 0 bridgehead atoms. The Morgan fingerprint density at radius 1 is 1.14 bits per heavy atom. The molecule has 2 N–H and O–H groups in total. The van der Waals surface area contributed by atoms with Crippen LogP contribution in [0.15, 0.2) is 42.0 Å². The van der Waals surface area contributed by atoms with Gasteiger partial charge in [-0.1, -0.05) is 55.8 Å². The van der Waals surface area contributed by atoms with Crippen LogP contribution in [0, 0.1) is 5.41 Å².